The van der Waals surface area contributed by atoms with Crippen molar-refractivity contribution in [3.05, 3.63) is 59.2 Å². The molecule has 0 heterocycles. The first-order chi connectivity index (χ1) is 11.7. The van der Waals surface area contributed by atoms with Gasteiger partial charge in [-0.3, -0.25) is 9.59 Å². The van der Waals surface area contributed by atoms with Gasteiger partial charge >= 0.3 is 0 Å². The maximum atomic E-state index is 12.5. The van der Waals surface area contributed by atoms with Crippen molar-refractivity contribution in [3.8, 4) is 11.1 Å². The van der Waals surface area contributed by atoms with Gasteiger partial charge in [0.2, 0.25) is 0 Å². The molecule has 0 saturated carbocycles. The van der Waals surface area contributed by atoms with Crippen molar-refractivity contribution in [2.24, 2.45) is 0 Å². The zero-order chi connectivity index (χ0) is 17.1. The average Bonchev–Trinajstić information content (AvgIpc) is 2.91. The summed E-state index contributed by atoms with van der Waals surface area (Å²) in [5.41, 5.74) is 3.73. The molecular weight excluding hydrogens is 300 g/mol. The highest BCUT2D eigenvalue weighted by Gasteiger charge is 2.26. The van der Waals surface area contributed by atoms with E-state index < -0.39 is 0 Å². The summed E-state index contributed by atoms with van der Waals surface area (Å²) in [6.45, 7) is 7.58. The number of ketones is 1. The monoisotopic (exact) mass is 322 g/mol. The van der Waals surface area contributed by atoms with Crippen LogP contribution in [0.1, 0.15) is 40.1 Å². The van der Waals surface area contributed by atoms with E-state index in [4.69, 9.17) is 0 Å². The van der Waals surface area contributed by atoms with Crippen LogP contribution in [0, 0.1) is 0 Å². The van der Waals surface area contributed by atoms with E-state index in [1.165, 1.54) is 0 Å². The molecule has 124 valence electrons. The maximum Gasteiger partial charge on any atom is 0.251 e. The molecule has 0 saturated heterocycles. The average molecular weight is 322 g/mol. The van der Waals surface area contributed by atoms with Crippen LogP contribution in [0.3, 0.4) is 0 Å². The van der Waals surface area contributed by atoms with Crippen molar-refractivity contribution < 1.29 is 9.59 Å². The molecule has 0 aliphatic heterocycles. The molecule has 1 aliphatic rings. The number of hydrogen-bond donors (Lipinski definition) is 1. The number of rotatable bonds is 6. The van der Waals surface area contributed by atoms with Crippen LogP contribution in [0.15, 0.2) is 42.5 Å². The van der Waals surface area contributed by atoms with E-state index in [1.807, 2.05) is 30.3 Å². The molecule has 0 unspecified atom stereocenters. The van der Waals surface area contributed by atoms with Gasteiger partial charge in [-0.25, -0.2) is 0 Å². The number of carbonyl (C=O) groups excluding carboxylic acids is 2. The highest BCUT2D eigenvalue weighted by Crippen LogP contribution is 2.36. The van der Waals surface area contributed by atoms with Crippen LogP contribution >= 0.6 is 0 Å². The number of hydrogen-bond acceptors (Lipinski definition) is 3. The first kappa shape index (κ1) is 16.4. The largest absolute Gasteiger partial charge is 0.351 e. The van der Waals surface area contributed by atoms with Crippen LogP contribution in [-0.4, -0.2) is 42.8 Å². The zero-order valence-corrected chi connectivity index (χ0v) is 14.1. The standard InChI is InChI=1S/C20H22N2O2/c1-3-22(4-2)12-11-21-20(24)14-9-10-16-15-7-5-6-8-17(15)19(23)18(16)13-14/h5-10,13H,3-4,11-12H2,1-2H3,(H,21,24). The smallest absolute Gasteiger partial charge is 0.251 e. The molecule has 0 spiro atoms. The van der Waals surface area contributed by atoms with Crippen molar-refractivity contribution in [1.29, 1.82) is 0 Å². The van der Waals surface area contributed by atoms with E-state index in [2.05, 4.69) is 24.1 Å². The van der Waals surface area contributed by atoms with Gasteiger partial charge in [0.15, 0.2) is 5.78 Å². The van der Waals surface area contributed by atoms with Crippen LogP contribution in [0.25, 0.3) is 11.1 Å². The fourth-order valence-corrected chi connectivity index (χ4v) is 3.14. The summed E-state index contributed by atoms with van der Waals surface area (Å²) in [6.07, 6.45) is 0. The van der Waals surface area contributed by atoms with E-state index in [0.717, 1.165) is 30.8 Å². The van der Waals surface area contributed by atoms with Crippen LogP contribution < -0.4 is 5.32 Å². The molecule has 0 bridgehead atoms. The van der Waals surface area contributed by atoms with Gasteiger partial charge in [0.25, 0.3) is 5.91 Å². The molecule has 4 heteroatoms. The van der Waals surface area contributed by atoms with Crippen molar-refractivity contribution in [2.75, 3.05) is 26.2 Å². The van der Waals surface area contributed by atoms with Gasteiger partial charge in [-0.2, -0.15) is 0 Å². The van der Waals surface area contributed by atoms with Gasteiger partial charge in [-0.15, -0.1) is 0 Å². The van der Waals surface area contributed by atoms with E-state index in [1.54, 1.807) is 12.1 Å². The number of nitrogens with zero attached hydrogens (tertiary/aromatic N) is 1. The Morgan fingerprint density at radius 3 is 2.33 bits per heavy atom. The number of amides is 1. The van der Waals surface area contributed by atoms with Crippen molar-refractivity contribution in [3.63, 3.8) is 0 Å². The van der Waals surface area contributed by atoms with Gasteiger partial charge in [0, 0.05) is 29.8 Å². The minimum absolute atomic E-state index is 0.00149. The summed E-state index contributed by atoms with van der Waals surface area (Å²) in [4.78, 5) is 27.1. The number of carbonyl (C=O) groups is 2. The second-order valence-electron chi connectivity index (χ2n) is 5.92. The lowest BCUT2D eigenvalue weighted by molar-refractivity contribution is 0.0949. The summed E-state index contributed by atoms with van der Waals surface area (Å²) in [5, 5.41) is 2.93. The Labute approximate surface area is 142 Å². The highest BCUT2D eigenvalue weighted by atomic mass is 16.1. The number of likely N-dealkylation sites (N-methyl/N-ethyl adjacent to an activating group) is 1. The summed E-state index contributed by atoms with van der Waals surface area (Å²) in [5.74, 6) is -0.132. The van der Waals surface area contributed by atoms with Gasteiger partial charge < -0.3 is 10.2 Å². The molecule has 0 fully saturated rings. The van der Waals surface area contributed by atoms with Crippen LogP contribution in [0.5, 0.6) is 0 Å². The lowest BCUT2D eigenvalue weighted by Gasteiger charge is -2.18. The molecule has 3 rings (SSSR count). The predicted molar refractivity (Wildman–Crippen MR) is 95.4 cm³/mol. The Bertz CT molecular complexity index is 779. The Kier molecular flexibility index (Phi) is 4.76. The molecular formula is C20H22N2O2. The number of benzene rings is 2. The van der Waals surface area contributed by atoms with E-state index >= 15 is 0 Å². The van der Waals surface area contributed by atoms with Gasteiger partial charge in [0.1, 0.15) is 0 Å². The van der Waals surface area contributed by atoms with Crippen LogP contribution in [-0.2, 0) is 0 Å². The summed E-state index contributed by atoms with van der Waals surface area (Å²) >= 11 is 0. The second-order valence-corrected chi connectivity index (χ2v) is 5.92. The summed E-state index contributed by atoms with van der Waals surface area (Å²) in [6, 6.07) is 13.0. The summed E-state index contributed by atoms with van der Waals surface area (Å²) < 4.78 is 0. The maximum absolute atomic E-state index is 12.5. The van der Waals surface area contributed by atoms with Crippen molar-refractivity contribution in [2.45, 2.75) is 13.8 Å². The Morgan fingerprint density at radius 1 is 0.958 bits per heavy atom. The van der Waals surface area contributed by atoms with Gasteiger partial charge in [-0.1, -0.05) is 44.2 Å². The molecule has 1 N–H and O–H groups in total. The quantitative estimate of drug-likeness (QED) is 0.759. The van der Waals surface area contributed by atoms with Crippen molar-refractivity contribution >= 4 is 11.7 Å². The van der Waals surface area contributed by atoms with Crippen LogP contribution in [0.4, 0.5) is 0 Å². The lowest BCUT2D eigenvalue weighted by Crippen LogP contribution is -2.34. The molecule has 0 aromatic heterocycles. The fraction of sp³-hybridized carbons (Fsp3) is 0.300. The van der Waals surface area contributed by atoms with Gasteiger partial charge in [-0.05, 0) is 36.3 Å². The number of nitrogens with one attached hydrogen (secondary N) is 1. The third kappa shape index (κ3) is 2.97. The molecule has 0 radical (unpaired) electrons. The Hall–Kier alpha value is -2.46. The SMILES string of the molecule is CCN(CC)CCNC(=O)c1ccc2c(c1)C(=O)c1ccccc1-2. The lowest BCUT2D eigenvalue weighted by atomic mass is 10.0. The molecule has 0 atom stereocenters. The van der Waals surface area contributed by atoms with E-state index in [0.29, 0.717) is 23.2 Å². The molecule has 2 aromatic carbocycles. The minimum atomic E-state index is -0.131. The van der Waals surface area contributed by atoms with E-state index in [-0.39, 0.29) is 11.7 Å². The van der Waals surface area contributed by atoms with Gasteiger partial charge in [0.05, 0.1) is 0 Å². The molecule has 1 aliphatic carbocycles. The third-order valence-electron chi connectivity index (χ3n) is 4.60. The predicted octanol–water partition coefficient (Wildman–Crippen LogP) is 2.97. The van der Waals surface area contributed by atoms with Crippen LogP contribution in [0.2, 0.25) is 0 Å². The Balaban J connectivity index is 1.73. The first-order valence-corrected chi connectivity index (χ1v) is 8.44. The Morgan fingerprint density at radius 2 is 1.62 bits per heavy atom. The molecule has 1 amide bonds. The molecule has 24 heavy (non-hydrogen) atoms. The first-order valence-electron chi connectivity index (χ1n) is 8.44. The normalized spacial score (nSPS) is 12.2. The highest BCUT2D eigenvalue weighted by molar-refractivity contribution is 6.22. The second kappa shape index (κ2) is 6.97. The summed E-state index contributed by atoms with van der Waals surface area (Å²) in [7, 11) is 0. The number of fused-ring (bicyclic) bond motifs is 3. The zero-order valence-electron chi connectivity index (χ0n) is 14.1. The molecule has 4 nitrogen and oxygen atoms in total. The fourth-order valence-electron chi connectivity index (χ4n) is 3.14. The third-order valence-corrected chi connectivity index (χ3v) is 4.60. The minimum Gasteiger partial charge on any atom is -0.351 e. The van der Waals surface area contributed by atoms with Crippen molar-refractivity contribution in [1.82, 2.24) is 10.2 Å². The topological polar surface area (TPSA) is 49.4 Å². The molecule has 2 aromatic rings. The van der Waals surface area contributed by atoms with E-state index in [9.17, 15) is 9.59 Å².